The molecule has 2 aromatic carbocycles. The predicted octanol–water partition coefficient (Wildman–Crippen LogP) is 5.86. The fourth-order valence-corrected chi connectivity index (χ4v) is 7.02. The van der Waals surface area contributed by atoms with Crippen molar-refractivity contribution in [1.29, 1.82) is 5.41 Å². The number of rotatable bonds is 13. The SMILES string of the molecule is C[C@@H]1CCC[C@H](C)N1CCCCCN1C(=O)C(c2cccc(C(=N)N)c2)Sc2ccc(NCCCC(=O)O)cc21. The van der Waals surface area contributed by atoms with E-state index >= 15 is 0 Å². The smallest absolute Gasteiger partial charge is 0.303 e. The highest BCUT2D eigenvalue weighted by atomic mass is 32.2. The molecule has 5 N–H and O–H groups in total. The van der Waals surface area contributed by atoms with Crippen molar-refractivity contribution in [2.75, 3.05) is 29.9 Å². The molecule has 0 aromatic heterocycles. The van der Waals surface area contributed by atoms with Crippen molar-refractivity contribution < 1.29 is 14.7 Å². The number of anilines is 2. The van der Waals surface area contributed by atoms with Gasteiger partial charge in [0.1, 0.15) is 11.1 Å². The first-order valence-corrected chi connectivity index (χ1v) is 15.4. The number of amides is 1. The molecule has 9 heteroatoms. The molecule has 1 saturated heterocycles. The van der Waals surface area contributed by atoms with E-state index in [1.165, 1.54) is 31.0 Å². The number of unbranched alkanes of at least 4 members (excludes halogenated alkanes) is 2. The van der Waals surface area contributed by atoms with Gasteiger partial charge in [-0.2, -0.15) is 0 Å². The largest absolute Gasteiger partial charge is 0.481 e. The standard InChI is InChI=1S/C31H43N5O3S/c1-21-9-6-10-22(2)35(21)17-4-3-5-18-36-26-20-25(34-16-8-13-28(37)38)14-15-27(26)40-29(31(36)39)23-11-7-12-24(19-23)30(32)33/h7,11-12,14-15,19-22,29,34H,3-6,8-10,13,16-18H2,1-2H3,(H3,32,33)(H,37,38)/t21-,22+,29?. The fraction of sp³-hybridized carbons (Fsp3) is 0.516. The number of amidine groups is 1. The maximum atomic E-state index is 13.9. The van der Waals surface area contributed by atoms with Crippen LogP contribution in [0.5, 0.6) is 0 Å². The number of fused-ring (bicyclic) bond motifs is 1. The lowest BCUT2D eigenvalue weighted by molar-refractivity contribution is -0.137. The van der Waals surface area contributed by atoms with Gasteiger partial charge in [0.25, 0.3) is 0 Å². The Morgan fingerprint density at radius 3 is 2.55 bits per heavy atom. The van der Waals surface area contributed by atoms with Crippen LogP contribution in [0.1, 0.15) is 81.6 Å². The van der Waals surface area contributed by atoms with Crippen molar-refractivity contribution >= 4 is 40.8 Å². The molecular formula is C31H43N5O3S. The zero-order valence-electron chi connectivity index (χ0n) is 23.7. The second kappa shape index (κ2) is 14.0. The number of carbonyl (C=O) groups is 2. The Labute approximate surface area is 242 Å². The minimum absolute atomic E-state index is 0.0108. The summed E-state index contributed by atoms with van der Waals surface area (Å²) in [6.45, 7) is 6.98. The van der Waals surface area contributed by atoms with Crippen LogP contribution in [0.3, 0.4) is 0 Å². The van der Waals surface area contributed by atoms with Crippen LogP contribution in [0.2, 0.25) is 0 Å². The summed E-state index contributed by atoms with van der Waals surface area (Å²) in [7, 11) is 0. The normalized spacial score (nSPS) is 21.2. The molecule has 8 nitrogen and oxygen atoms in total. The lowest BCUT2D eigenvalue weighted by Crippen LogP contribution is -2.44. The Morgan fingerprint density at radius 2 is 1.82 bits per heavy atom. The van der Waals surface area contributed by atoms with Crippen molar-refractivity contribution in [3.63, 3.8) is 0 Å². The molecule has 0 spiro atoms. The fourth-order valence-electron chi connectivity index (χ4n) is 5.82. The summed E-state index contributed by atoms with van der Waals surface area (Å²) in [4.78, 5) is 30.4. The summed E-state index contributed by atoms with van der Waals surface area (Å²) >= 11 is 1.53. The number of nitrogens with two attached hydrogens (primary N) is 1. The Morgan fingerprint density at radius 1 is 1.07 bits per heavy atom. The third-order valence-corrected chi connectivity index (χ3v) is 9.36. The van der Waals surface area contributed by atoms with Gasteiger partial charge in [-0.3, -0.25) is 19.9 Å². The number of carbonyl (C=O) groups excluding carboxylic acids is 1. The van der Waals surface area contributed by atoms with Gasteiger partial charge in [0.15, 0.2) is 0 Å². The molecule has 0 radical (unpaired) electrons. The lowest BCUT2D eigenvalue weighted by Gasteiger charge is -2.39. The first kappa shape index (κ1) is 29.9. The number of carboxylic acid groups (broad SMARTS) is 1. The van der Waals surface area contributed by atoms with E-state index in [0.29, 0.717) is 37.2 Å². The van der Waals surface area contributed by atoms with E-state index in [1.807, 2.05) is 41.3 Å². The van der Waals surface area contributed by atoms with Gasteiger partial charge in [0.2, 0.25) is 5.91 Å². The van der Waals surface area contributed by atoms with Gasteiger partial charge < -0.3 is 21.1 Å². The number of carboxylic acids is 1. The summed E-state index contributed by atoms with van der Waals surface area (Å²) in [5, 5.41) is 19.7. The number of aliphatic carboxylic acids is 1. The van der Waals surface area contributed by atoms with Crippen LogP contribution in [0.25, 0.3) is 0 Å². The number of nitrogens with one attached hydrogen (secondary N) is 2. The monoisotopic (exact) mass is 565 g/mol. The number of hydrogen-bond acceptors (Lipinski definition) is 6. The van der Waals surface area contributed by atoms with Gasteiger partial charge >= 0.3 is 5.97 Å². The van der Waals surface area contributed by atoms with Gasteiger partial charge in [0, 0.05) is 47.7 Å². The second-order valence-corrected chi connectivity index (χ2v) is 12.2. The Balaban J connectivity index is 1.47. The van der Waals surface area contributed by atoms with Crippen LogP contribution in [-0.4, -0.2) is 59.4 Å². The van der Waals surface area contributed by atoms with Crippen LogP contribution >= 0.6 is 11.8 Å². The minimum Gasteiger partial charge on any atom is -0.481 e. The zero-order valence-corrected chi connectivity index (χ0v) is 24.5. The van der Waals surface area contributed by atoms with E-state index < -0.39 is 11.2 Å². The van der Waals surface area contributed by atoms with E-state index in [4.69, 9.17) is 16.2 Å². The Hall–Kier alpha value is -3.04. The van der Waals surface area contributed by atoms with E-state index in [1.54, 1.807) is 6.07 Å². The summed E-state index contributed by atoms with van der Waals surface area (Å²) in [5.74, 6) is -0.771. The summed E-state index contributed by atoms with van der Waals surface area (Å²) in [6.07, 6.45) is 7.62. The molecular weight excluding hydrogens is 522 g/mol. The number of nitrogens with zero attached hydrogens (tertiary/aromatic N) is 2. The average molecular weight is 566 g/mol. The molecule has 216 valence electrons. The van der Waals surface area contributed by atoms with Gasteiger partial charge in [-0.05, 0) is 82.3 Å². The van der Waals surface area contributed by atoms with Gasteiger partial charge in [-0.15, -0.1) is 11.8 Å². The predicted molar refractivity (Wildman–Crippen MR) is 164 cm³/mol. The molecule has 0 bridgehead atoms. The van der Waals surface area contributed by atoms with Gasteiger partial charge in [-0.1, -0.05) is 31.0 Å². The van der Waals surface area contributed by atoms with E-state index in [0.717, 1.165) is 47.6 Å². The highest BCUT2D eigenvalue weighted by Crippen LogP contribution is 2.47. The number of nitrogen functional groups attached to an aromatic ring is 1. The van der Waals surface area contributed by atoms with Crippen molar-refractivity contribution in [2.24, 2.45) is 5.73 Å². The first-order valence-electron chi connectivity index (χ1n) is 14.5. The molecule has 4 rings (SSSR count). The van der Waals surface area contributed by atoms with Crippen molar-refractivity contribution in [1.82, 2.24) is 4.90 Å². The van der Waals surface area contributed by atoms with Crippen LogP contribution in [0, 0.1) is 5.41 Å². The number of piperidine rings is 1. The molecule has 3 atom stereocenters. The van der Waals surface area contributed by atoms with Gasteiger partial charge in [0.05, 0.1) is 5.69 Å². The molecule has 2 aromatic rings. The number of likely N-dealkylation sites (tertiary alicyclic amines) is 1. The molecule has 2 aliphatic heterocycles. The van der Waals surface area contributed by atoms with Gasteiger partial charge in [-0.25, -0.2) is 0 Å². The number of hydrogen-bond donors (Lipinski definition) is 4. The molecule has 1 unspecified atom stereocenters. The van der Waals surface area contributed by atoms with Crippen molar-refractivity contribution in [3.05, 3.63) is 53.6 Å². The zero-order chi connectivity index (χ0) is 28.6. The highest BCUT2D eigenvalue weighted by Gasteiger charge is 2.35. The van der Waals surface area contributed by atoms with Crippen molar-refractivity contribution in [3.8, 4) is 0 Å². The highest BCUT2D eigenvalue weighted by molar-refractivity contribution is 8.00. The number of thioether (sulfide) groups is 1. The van der Waals surface area contributed by atoms with E-state index in [2.05, 4.69) is 24.1 Å². The third-order valence-electron chi connectivity index (χ3n) is 8.06. The number of benzene rings is 2. The molecule has 2 heterocycles. The van der Waals surface area contributed by atoms with Crippen LogP contribution in [-0.2, 0) is 9.59 Å². The molecule has 2 aliphatic rings. The third kappa shape index (κ3) is 7.57. The Kier molecular flexibility index (Phi) is 10.5. The van der Waals surface area contributed by atoms with Crippen LogP contribution in [0.15, 0.2) is 47.4 Å². The summed E-state index contributed by atoms with van der Waals surface area (Å²) in [5.41, 5.74) is 8.98. The lowest BCUT2D eigenvalue weighted by atomic mass is 9.97. The van der Waals surface area contributed by atoms with E-state index in [-0.39, 0.29) is 18.2 Å². The average Bonchev–Trinajstić information content (AvgIpc) is 2.93. The van der Waals surface area contributed by atoms with Crippen LogP contribution < -0.4 is 16.0 Å². The quantitative estimate of drug-likeness (QED) is 0.136. The topological polar surface area (TPSA) is 123 Å². The molecule has 0 aliphatic carbocycles. The molecule has 40 heavy (non-hydrogen) atoms. The van der Waals surface area contributed by atoms with Crippen LogP contribution in [0.4, 0.5) is 11.4 Å². The van der Waals surface area contributed by atoms with Crippen molar-refractivity contribution in [2.45, 2.75) is 87.4 Å². The second-order valence-electron chi connectivity index (χ2n) is 11.1. The molecule has 1 fully saturated rings. The summed E-state index contributed by atoms with van der Waals surface area (Å²) < 4.78 is 0. The molecule has 0 saturated carbocycles. The maximum absolute atomic E-state index is 13.9. The first-order chi connectivity index (χ1) is 19.2. The molecule has 1 amide bonds. The summed E-state index contributed by atoms with van der Waals surface area (Å²) in [6, 6.07) is 14.8. The minimum atomic E-state index is -0.801. The van der Waals surface area contributed by atoms with E-state index in [9.17, 15) is 9.59 Å². The Bertz CT molecular complexity index is 1200. The maximum Gasteiger partial charge on any atom is 0.303 e.